The van der Waals surface area contributed by atoms with Crippen LogP contribution in [0.4, 0.5) is 0 Å². The van der Waals surface area contributed by atoms with Crippen molar-refractivity contribution in [2.24, 2.45) is 5.92 Å². The Bertz CT molecular complexity index is 254. The van der Waals surface area contributed by atoms with Crippen molar-refractivity contribution in [1.82, 2.24) is 5.32 Å². The summed E-state index contributed by atoms with van der Waals surface area (Å²) in [6.07, 6.45) is 3.12. The molecule has 0 aromatic carbocycles. The third-order valence-electron chi connectivity index (χ3n) is 2.76. The number of amides is 1. The summed E-state index contributed by atoms with van der Waals surface area (Å²) in [6, 6.07) is -0.227. The molecule has 1 aliphatic carbocycles. The van der Waals surface area contributed by atoms with Gasteiger partial charge in [-0.3, -0.25) is 9.59 Å². The lowest BCUT2D eigenvalue weighted by atomic mass is 10.0. The fourth-order valence-corrected chi connectivity index (χ4v) is 1.99. The molecule has 0 bridgehead atoms. The third-order valence-corrected chi connectivity index (χ3v) is 2.76. The molecule has 0 aliphatic heterocycles. The van der Waals surface area contributed by atoms with Crippen LogP contribution in [0.2, 0.25) is 0 Å². The average molecular weight is 229 g/mol. The van der Waals surface area contributed by atoms with Crippen molar-refractivity contribution in [3.05, 3.63) is 0 Å². The van der Waals surface area contributed by atoms with Crippen LogP contribution < -0.4 is 5.32 Å². The first kappa shape index (κ1) is 13.0. The number of rotatable bonds is 6. The maximum atomic E-state index is 11.4. The van der Waals surface area contributed by atoms with Gasteiger partial charge in [-0.15, -0.1) is 0 Å². The van der Waals surface area contributed by atoms with Crippen LogP contribution in [0.1, 0.15) is 32.6 Å². The molecule has 1 rings (SSSR count). The quantitative estimate of drug-likeness (QED) is 0.660. The Morgan fingerprint density at radius 2 is 2.19 bits per heavy atom. The standard InChI is InChI=1S/C11H19NO4/c1-2-6-16-7-10(13)12-9-5-3-4-8(9)11(14)15/h8-9H,2-7H2,1H3,(H,12,13)(H,14,15)/t8-,9+/m0/s1. The maximum absolute atomic E-state index is 11.4. The van der Waals surface area contributed by atoms with Crippen LogP contribution >= 0.6 is 0 Å². The van der Waals surface area contributed by atoms with Crippen molar-refractivity contribution in [2.75, 3.05) is 13.2 Å². The second-order valence-corrected chi connectivity index (χ2v) is 4.10. The molecule has 1 amide bonds. The topological polar surface area (TPSA) is 75.6 Å². The zero-order valence-corrected chi connectivity index (χ0v) is 9.57. The lowest BCUT2D eigenvalue weighted by Gasteiger charge is -2.17. The Morgan fingerprint density at radius 3 is 2.81 bits per heavy atom. The summed E-state index contributed by atoms with van der Waals surface area (Å²) < 4.78 is 5.09. The van der Waals surface area contributed by atoms with Gasteiger partial charge in [0.25, 0.3) is 0 Å². The van der Waals surface area contributed by atoms with Crippen molar-refractivity contribution in [3.8, 4) is 0 Å². The largest absolute Gasteiger partial charge is 0.481 e. The van der Waals surface area contributed by atoms with E-state index in [1.807, 2.05) is 6.92 Å². The lowest BCUT2D eigenvalue weighted by molar-refractivity contribution is -0.142. The van der Waals surface area contributed by atoms with Gasteiger partial charge in [-0.2, -0.15) is 0 Å². The molecule has 1 fully saturated rings. The summed E-state index contributed by atoms with van der Waals surface area (Å²) in [5, 5.41) is 11.7. The molecule has 1 aliphatic rings. The lowest BCUT2D eigenvalue weighted by Crippen LogP contribution is -2.41. The van der Waals surface area contributed by atoms with Crippen LogP contribution in [-0.4, -0.2) is 36.2 Å². The van der Waals surface area contributed by atoms with E-state index in [0.717, 1.165) is 19.3 Å². The summed E-state index contributed by atoms with van der Waals surface area (Å²) in [4.78, 5) is 22.3. The molecule has 1 saturated carbocycles. The van der Waals surface area contributed by atoms with Gasteiger partial charge in [0.05, 0.1) is 5.92 Å². The number of carbonyl (C=O) groups is 2. The van der Waals surface area contributed by atoms with Gasteiger partial charge < -0.3 is 15.2 Å². The average Bonchev–Trinajstić information content (AvgIpc) is 2.66. The molecule has 5 nitrogen and oxygen atoms in total. The normalized spacial score (nSPS) is 24.3. The molecular weight excluding hydrogens is 210 g/mol. The molecule has 0 radical (unpaired) electrons. The molecule has 0 spiro atoms. The van der Waals surface area contributed by atoms with Crippen LogP contribution in [0.5, 0.6) is 0 Å². The minimum absolute atomic E-state index is 0.0245. The van der Waals surface area contributed by atoms with Crippen molar-refractivity contribution < 1.29 is 19.4 Å². The minimum Gasteiger partial charge on any atom is -0.481 e. The van der Waals surface area contributed by atoms with Crippen molar-refractivity contribution in [2.45, 2.75) is 38.6 Å². The fourth-order valence-electron chi connectivity index (χ4n) is 1.99. The fraction of sp³-hybridized carbons (Fsp3) is 0.818. The monoisotopic (exact) mass is 229 g/mol. The maximum Gasteiger partial charge on any atom is 0.308 e. The summed E-state index contributed by atoms with van der Waals surface area (Å²) in [5.74, 6) is -1.47. The van der Waals surface area contributed by atoms with E-state index in [4.69, 9.17) is 9.84 Å². The van der Waals surface area contributed by atoms with Crippen molar-refractivity contribution >= 4 is 11.9 Å². The Morgan fingerprint density at radius 1 is 1.44 bits per heavy atom. The Balaban J connectivity index is 2.30. The molecule has 16 heavy (non-hydrogen) atoms. The Hall–Kier alpha value is -1.10. The number of ether oxygens (including phenoxy) is 1. The molecule has 0 aromatic heterocycles. The number of carbonyl (C=O) groups excluding carboxylic acids is 1. The van der Waals surface area contributed by atoms with E-state index >= 15 is 0 Å². The molecule has 0 heterocycles. The number of carboxylic acids is 1. The summed E-state index contributed by atoms with van der Waals surface area (Å²) in [6.45, 7) is 2.55. The second-order valence-electron chi connectivity index (χ2n) is 4.10. The van der Waals surface area contributed by atoms with Crippen LogP contribution in [0.25, 0.3) is 0 Å². The van der Waals surface area contributed by atoms with Crippen LogP contribution in [0.3, 0.4) is 0 Å². The summed E-state index contributed by atoms with van der Waals surface area (Å²) in [5.41, 5.74) is 0. The number of hydrogen-bond acceptors (Lipinski definition) is 3. The van der Waals surface area contributed by atoms with Crippen LogP contribution in [0, 0.1) is 5.92 Å². The highest BCUT2D eigenvalue weighted by Crippen LogP contribution is 2.25. The SMILES string of the molecule is CCCOCC(=O)N[C@@H]1CCC[C@@H]1C(=O)O. The van der Waals surface area contributed by atoms with Gasteiger partial charge >= 0.3 is 5.97 Å². The van der Waals surface area contributed by atoms with Crippen LogP contribution in [0.15, 0.2) is 0 Å². The molecule has 0 saturated heterocycles. The summed E-state index contributed by atoms with van der Waals surface area (Å²) in [7, 11) is 0. The second kappa shape index (κ2) is 6.48. The van der Waals surface area contributed by atoms with Gasteiger partial charge in [0.2, 0.25) is 5.91 Å². The van der Waals surface area contributed by atoms with Crippen molar-refractivity contribution in [3.63, 3.8) is 0 Å². The van der Waals surface area contributed by atoms with E-state index in [1.54, 1.807) is 0 Å². The molecule has 92 valence electrons. The van der Waals surface area contributed by atoms with Gasteiger partial charge in [-0.25, -0.2) is 0 Å². The number of hydrogen-bond donors (Lipinski definition) is 2. The van der Waals surface area contributed by atoms with Gasteiger partial charge in [-0.1, -0.05) is 13.3 Å². The Labute approximate surface area is 95.2 Å². The number of aliphatic carboxylic acids is 1. The first-order valence-corrected chi connectivity index (χ1v) is 5.75. The van der Waals surface area contributed by atoms with Gasteiger partial charge in [0.15, 0.2) is 0 Å². The number of nitrogens with one attached hydrogen (secondary N) is 1. The van der Waals surface area contributed by atoms with E-state index in [2.05, 4.69) is 5.32 Å². The van der Waals surface area contributed by atoms with Gasteiger partial charge in [-0.05, 0) is 19.3 Å². The van der Waals surface area contributed by atoms with E-state index in [0.29, 0.717) is 13.0 Å². The van der Waals surface area contributed by atoms with Crippen LogP contribution in [-0.2, 0) is 14.3 Å². The first-order valence-electron chi connectivity index (χ1n) is 5.75. The van der Waals surface area contributed by atoms with E-state index in [1.165, 1.54) is 0 Å². The first-order chi connectivity index (χ1) is 7.65. The minimum atomic E-state index is -0.822. The van der Waals surface area contributed by atoms with Gasteiger partial charge in [0, 0.05) is 12.6 Å². The number of carboxylic acid groups (broad SMARTS) is 1. The van der Waals surface area contributed by atoms with Gasteiger partial charge in [0.1, 0.15) is 6.61 Å². The highest BCUT2D eigenvalue weighted by atomic mass is 16.5. The molecule has 2 N–H and O–H groups in total. The van der Waals surface area contributed by atoms with E-state index in [9.17, 15) is 9.59 Å². The van der Waals surface area contributed by atoms with E-state index in [-0.39, 0.29) is 18.6 Å². The zero-order valence-electron chi connectivity index (χ0n) is 9.57. The molecular formula is C11H19NO4. The predicted molar refractivity (Wildman–Crippen MR) is 58.0 cm³/mol. The third kappa shape index (κ3) is 3.81. The van der Waals surface area contributed by atoms with Crippen molar-refractivity contribution in [1.29, 1.82) is 0 Å². The zero-order chi connectivity index (χ0) is 12.0. The predicted octanol–water partition coefficient (Wildman–Crippen LogP) is 0.782. The van der Waals surface area contributed by atoms with E-state index < -0.39 is 11.9 Å². The highest BCUT2D eigenvalue weighted by Gasteiger charge is 2.33. The smallest absolute Gasteiger partial charge is 0.308 e. The Kier molecular flexibility index (Phi) is 5.25. The summed E-state index contributed by atoms with van der Waals surface area (Å²) >= 11 is 0. The molecule has 5 heteroatoms. The molecule has 0 unspecified atom stereocenters. The highest BCUT2D eigenvalue weighted by molar-refractivity contribution is 5.79. The molecule has 2 atom stereocenters. The molecule has 0 aromatic rings.